The van der Waals surface area contributed by atoms with Gasteiger partial charge in [-0.1, -0.05) is 0 Å². The van der Waals surface area contributed by atoms with Crippen LogP contribution in [-0.2, 0) is 0 Å². The Labute approximate surface area is 86.7 Å². The molecule has 0 amide bonds. The number of hydrogen-bond acceptors (Lipinski definition) is 4. The number of likely N-dealkylation sites (N-methyl/N-ethyl adjacent to an activating group) is 1. The van der Waals surface area contributed by atoms with Crippen LogP contribution in [0.15, 0.2) is 0 Å². The first-order valence-electron chi connectivity index (χ1n) is 5.27. The fraction of sp³-hybridized carbons (Fsp3) is 1.00. The van der Waals surface area contributed by atoms with Gasteiger partial charge in [0.2, 0.25) is 0 Å². The maximum atomic E-state index is 9.10. The van der Waals surface area contributed by atoms with Crippen LogP contribution in [0.4, 0.5) is 0 Å². The first kappa shape index (κ1) is 11.9. The minimum absolute atomic E-state index is 0.0477. The Morgan fingerprint density at radius 2 is 2.14 bits per heavy atom. The molecular formula is C10H23N3O. The summed E-state index contributed by atoms with van der Waals surface area (Å²) >= 11 is 0. The van der Waals surface area contributed by atoms with Crippen LogP contribution < -0.4 is 5.73 Å². The number of nitrogens with two attached hydrogens (primary N) is 1. The lowest BCUT2D eigenvalue weighted by molar-refractivity contribution is 0.0654. The SMILES string of the molecule is CC1CN(C)CCN1CC(C)(N)CO. The Bertz CT molecular complexity index is 184. The molecule has 2 atom stereocenters. The van der Waals surface area contributed by atoms with Crippen molar-refractivity contribution in [3.8, 4) is 0 Å². The monoisotopic (exact) mass is 201 g/mol. The highest BCUT2D eigenvalue weighted by Crippen LogP contribution is 2.11. The molecule has 1 aliphatic heterocycles. The molecular weight excluding hydrogens is 178 g/mol. The standard InChI is InChI=1S/C10H23N3O/c1-9-6-12(3)4-5-13(9)7-10(2,11)8-14/h9,14H,4-8,11H2,1-3H3. The van der Waals surface area contributed by atoms with E-state index in [0.29, 0.717) is 6.04 Å². The van der Waals surface area contributed by atoms with Gasteiger partial charge >= 0.3 is 0 Å². The third-order valence-corrected chi connectivity index (χ3v) is 2.89. The summed E-state index contributed by atoms with van der Waals surface area (Å²) in [5.41, 5.74) is 5.47. The third kappa shape index (κ3) is 3.20. The normalized spacial score (nSPS) is 30.2. The van der Waals surface area contributed by atoms with Crippen molar-refractivity contribution in [3.63, 3.8) is 0 Å². The maximum absolute atomic E-state index is 9.10. The van der Waals surface area contributed by atoms with Crippen molar-refractivity contribution >= 4 is 0 Å². The quantitative estimate of drug-likeness (QED) is 0.636. The fourth-order valence-corrected chi connectivity index (χ4v) is 1.93. The van der Waals surface area contributed by atoms with Crippen LogP contribution in [0.1, 0.15) is 13.8 Å². The van der Waals surface area contributed by atoms with E-state index in [4.69, 9.17) is 10.8 Å². The molecule has 14 heavy (non-hydrogen) atoms. The molecule has 0 aliphatic carbocycles. The molecule has 0 aromatic carbocycles. The van der Waals surface area contributed by atoms with Gasteiger partial charge in [0.05, 0.1) is 6.61 Å². The number of aliphatic hydroxyl groups is 1. The number of aliphatic hydroxyl groups excluding tert-OH is 1. The minimum atomic E-state index is -0.468. The summed E-state index contributed by atoms with van der Waals surface area (Å²) in [5, 5.41) is 9.10. The molecule has 1 saturated heterocycles. The lowest BCUT2D eigenvalue weighted by Gasteiger charge is -2.41. The van der Waals surface area contributed by atoms with Crippen LogP contribution >= 0.6 is 0 Å². The van der Waals surface area contributed by atoms with E-state index in [9.17, 15) is 0 Å². The van der Waals surface area contributed by atoms with Crippen LogP contribution in [0.5, 0.6) is 0 Å². The minimum Gasteiger partial charge on any atom is -0.394 e. The highest BCUT2D eigenvalue weighted by atomic mass is 16.3. The van der Waals surface area contributed by atoms with Crippen molar-refractivity contribution in [1.29, 1.82) is 0 Å². The molecule has 1 aliphatic rings. The summed E-state index contributed by atoms with van der Waals surface area (Å²) < 4.78 is 0. The van der Waals surface area contributed by atoms with Crippen molar-refractivity contribution in [2.75, 3.05) is 39.8 Å². The molecule has 0 aromatic heterocycles. The van der Waals surface area contributed by atoms with E-state index in [0.717, 1.165) is 26.2 Å². The first-order chi connectivity index (χ1) is 6.44. The lowest BCUT2D eigenvalue weighted by Crippen LogP contribution is -2.58. The van der Waals surface area contributed by atoms with Gasteiger partial charge in [-0.05, 0) is 20.9 Å². The average molecular weight is 201 g/mol. The first-order valence-corrected chi connectivity index (χ1v) is 5.27. The van der Waals surface area contributed by atoms with E-state index < -0.39 is 5.54 Å². The number of hydrogen-bond donors (Lipinski definition) is 2. The molecule has 0 spiro atoms. The summed E-state index contributed by atoms with van der Waals surface area (Å²) in [6.45, 7) is 8.16. The molecule has 0 bridgehead atoms. The van der Waals surface area contributed by atoms with Gasteiger partial charge in [0.25, 0.3) is 0 Å². The predicted octanol–water partition coefficient (Wildman–Crippen LogP) is -0.668. The van der Waals surface area contributed by atoms with E-state index in [1.54, 1.807) is 0 Å². The van der Waals surface area contributed by atoms with E-state index in [-0.39, 0.29) is 6.61 Å². The Morgan fingerprint density at radius 1 is 1.50 bits per heavy atom. The molecule has 1 fully saturated rings. The summed E-state index contributed by atoms with van der Waals surface area (Å²) in [7, 11) is 2.14. The zero-order valence-electron chi connectivity index (χ0n) is 9.53. The lowest BCUT2D eigenvalue weighted by atomic mass is 10.0. The van der Waals surface area contributed by atoms with Gasteiger partial charge in [-0.15, -0.1) is 0 Å². The van der Waals surface area contributed by atoms with Crippen molar-refractivity contribution in [2.45, 2.75) is 25.4 Å². The second kappa shape index (κ2) is 4.57. The third-order valence-electron chi connectivity index (χ3n) is 2.89. The van der Waals surface area contributed by atoms with E-state index in [2.05, 4.69) is 23.8 Å². The summed E-state index contributed by atoms with van der Waals surface area (Å²) in [6.07, 6.45) is 0. The van der Waals surface area contributed by atoms with Crippen LogP contribution in [0.25, 0.3) is 0 Å². The molecule has 0 radical (unpaired) electrons. The van der Waals surface area contributed by atoms with Crippen LogP contribution in [0.2, 0.25) is 0 Å². The molecule has 2 unspecified atom stereocenters. The second-order valence-electron chi connectivity index (χ2n) is 4.89. The van der Waals surface area contributed by atoms with Gasteiger partial charge in [-0.3, -0.25) is 4.90 Å². The van der Waals surface area contributed by atoms with E-state index in [1.807, 2.05) is 6.92 Å². The topological polar surface area (TPSA) is 52.7 Å². The number of rotatable bonds is 3. The molecule has 0 aromatic rings. The van der Waals surface area contributed by atoms with Crippen molar-refractivity contribution < 1.29 is 5.11 Å². The van der Waals surface area contributed by atoms with Gasteiger partial charge in [-0.25, -0.2) is 0 Å². The fourth-order valence-electron chi connectivity index (χ4n) is 1.93. The Hall–Kier alpha value is -0.160. The molecule has 4 heteroatoms. The van der Waals surface area contributed by atoms with Gasteiger partial charge in [0.1, 0.15) is 0 Å². The molecule has 4 nitrogen and oxygen atoms in total. The highest BCUT2D eigenvalue weighted by Gasteiger charge is 2.27. The van der Waals surface area contributed by atoms with Crippen LogP contribution in [0, 0.1) is 0 Å². The summed E-state index contributed by atoms with van der Waals surface area (Å²) in [4.78, 5) is 4.68. The molecule has 1 heterocycles. The van der Waals surface area contributed by atoms with Crippen molar-refractivity contribution in [2.24, 2.45) is 5.73 Å². The number of nitrogens with zero attached hydrogens (tertiary/aromatic N) is 2. The largest absolute Gasteiger partial charge is 0.394 e. The van der Waals surface area contributed by atoms with Crippen molar-refractivity contribution in [3.05, 3.63) is 0 Å². The smallest absolute Gasteiger partial charge is 0.0621 e. The van der Waals surface area contributed by atoms with Gasteiger partial charge in [0.15, 0.2) is 0 Å². The molecule has 3 N–H and O–H groups in total. The van der Waals surface area contributed by atoms with E-state index in [1.165, 1.54) is 0 Å². The maximum Gasteiger partial charge on any atom is 0.0621 e. The van der Waals surface area contributed by atoms with Crippen LogP contribution in [-0.4, -0.2) is 66.3 Å². The van der Waals surface area contributed by atoms with Crippen LogP contribution in [0.3, 0.4) is 0 Å². The summed E-state index contributed by atoms with van der Waals surface area (Å²) in [6, 6.07) is 0.531. The predicted molar refractivity (Wildman–Crippen MR) is 58.2 cm³/mol. The molecule has 84 valence electrons. The van der Waals surface area contributed by atoms with E-state index >= 15 is 0 Å². The Balaban J connectivity index is 2.45. The van der Waals surface area contributed by atoms with Crippen molar-refractivity contribution in [1.82, 2.24) is 9.80 Å². The van der Waals surface area contributed by atoms with Gasteiger partial charge < -0.3 is 15.7 Å². The summed E-state index contributed by atoms with van der Waals surface area (Å²) in [5.74, 6) is 0. The van der Waals surface area contributed by atoms with Gasteiger partial charge in [-0.2, -0.15) is 0 Å². The Morgan fingerprint density at radius 3 is 2.64 bits per heavy atom. The van der Waals surface area contributed by atoms with Gasteiger partial charge in [0, 0.05) is 37.8 Å². The second-order valence-corrected chi connectivity index (χ2v) is 4.89. The molecule has 0 saturated carbocycles. The highest BCUT2D eigenvalue weighted by molar-refractivity contribution is 4.87. The molecule has 1 rings (SSSR count). The zero-order chi connectivity index (χ0) is 10.8. The number of piperazine rings is 1. The Kier molecular flexibility index (Phi) is 3.89. The zero-order valence-corrected chi connectivity index (χ0v) is 9.53. The average Bonchev–Trinajstić information content (AvgIpc) is 2.10.